The zero-order chi connectivity index (χ0) is 20.0. The fraction of sp³-hybridized carbons (Fsp3) is 0.136. The number of carbonyl (C=O) groups is 1. The highest BCUT2D eigenvalue weighted by Gasteiger charge is 2.30. The molecule has 2 aromatic carbocycles. The van der Waals surface area contributed by atoms with Crippen molar-refractivity contribution in [2.24, 2.45) is 0 Å². The second-order valence-electron chi connectivity index (χ2n) is 6.37. The molecule has 0 aliphatic carbocycles. The number of sulfone groups is 1. The molecule has 1 N–H and O–H groups in total. The van der Waals surface area contributed by atoms with E-state index in [1.807, 2.05) is 37.3 Å². The van der Waals surface area contributed by atoms with Crippen LogP contribution in [-0.4, -0.2) is 20.9 Å². The van der Waals surface area contributed by atoms with E-state index in [4.69, 9.17) is 0 Å². The third-order valence-electron chi connectivity index (χ3n) is 4.29. The molecule has 0 saturated heterocycles. The maximum absolute atomic E-state index is 13.1. The largest absolute Gasteiger partial charge is 0.351 e. The summed E-state index contributed by atoms with van der Waals surface area (Å²) in [4.78, 5) is 12.2. The molecule has 0 fully saturated rings. The third-order valence-corrected chi connectivity index (χ3v) is 7.82. The van der Waals surface area contributed by atoms with Crippen LogP contribution in [0.25, 0.3) is 6.08 Å². The van der Waals surface area contributed by atoms with Crippen molar-refractivity contribution < 1.29 is 13.2 Å². The molecule has 1 atom stereocenters. The molecule has 0 spiro atoms. The van der Waals surface area contributed by atoms with E-state index in [9.17, 15) is 13.2 Å². The molecule has 28 heavy (non-hydrogen) atoms. The molecule has 0 bridgehead atoms. The minimum absolute atomic E-state index is 0.00131. The van der Waals surface area contributed by atoms with E-state index in [1.165, 1.54) is 17.4 Å². The molecule has 6 heteroatoms. The maximum atomic E-state index is 13.1. The topological polar surface area (TPSA) is 63.2 Å². The summed E-state index contributed by atoms with van der Waals surface area (Å²) in [5.74, 6) is -0.331. The van der Waals surface area contributed by atoms with Crippen molar-refractivity contribution in [1.29, 1.82) is 0 Å². The fourth-order valence-corrected chi connectivity index (χ4v) is 5.61. The second kappa shape index (κ2) is 8.99. The fourth-order valence-electron chi connectivity index (χ4n) is 2.74. The van der Waals surface area contributed by atoms with Gasteiger partial charge in [-0.2, -0.15) is 0 Å². The summed E-state index contributed by atoms with van der Waals surface area (Å²) in [5.41, 5.74) is 2.70. The standard InChI is InChI=1S/C22H21NO3S2/c1-17-9-11-18(12-10-17)13-14-21(24)23-16-20(19-6-3-2-4-7-19)28(25,26)22-8-5-15-27-22/h2-15,20H,16H2,1H3,(H,23,24)/b14-13+/t20-/m0/s1. The highest BCUT2D eigenvalue weighted by Crippen LogP contribution is 2.31. The lowest BCUT2D eigenvalue weighted by molar-refractivity contribution is -0.116. The number of thiophene rings is 1. The molecule has 0 aliphatic heterocycles. The zero-order valence-corrected chi connectivity index (χ0v) is 17.0. The molecule has 1 aromatic heterocycles. The Balaban J connectivity index is 1.75. The molecule has 144 valence electrons. The minimum atomic E-state index is -3.60. The van der Waals surface area contributed by atoms with E-state index in [0.717, 1.165) is 11.1 Å². The number of nitrogens with one attached hydrogen (secondary N) is 1. The Morgan fingerprint density at radius 1 is 1.04 bits per heavy atom. The van der Waals surface area contributed by atoms with Gasteiger partial charge in [0.15, 0.2) is 9.84 Å². The lowest BCUT2D eigenvalue weighted by atomic mass is 10.1. The van der Waals surface area contributed by atoms with Gasteiger partial charge >= 0.3 is 0 Å². The summed E-state index contributed by atoms with van der Waals surface area (Å²) in [7, 11) is -3.60. The molecule has 4 nitrogen and oxygen atoms in total. The van der Waals surface area contributed by atoms with Crippen LogP contribution < -0.4 is 5.32 Å². The summed E-state index contributed by atoms with van der Waals surface area (Å²) in [6, 6.07) is 20.1. The summed E-state index contributed by atoms with van der Waals surface area (Å²) < 4.78 is 26.4. The van der Waals surface area contributed by atoms with E-state index in [1.54, 1.807) is 47.9 Å². The Morgan fingerprint density at radius 3 is 2.39 bits per heavy atom. The van der Waals surface area contributed by atoms with Gasteiger partial charge in [-0.25, -0.2) is 8.42 Å². The van der Waals surface area contributed by atoms with Gasteiger partial charge < -0.3 is 5.32 Å². The number of hydrogen-bond donors (Lipinski definition) is 1. The predicted octanol–water partition coefficient (Wildman–Crippen LogP) is 4.40. The van der Waals surface area contributed by atoms with Gasteiger partial charge in [-0.1, -0.05) is 66.2 Å². The van der Waals surface area contributed by atoms with Crippen molar-refractivity contribution in [2.75, 3.05) is 6.54 Å². The van der Waals surface area contributed by atoms with Crippen molar-refractivity contribution in [2.45, 2.75) is 16.4 Å². The highest BCUT2D eigenvalue weighted by atomic mass is 32.2. The van der Waals surface area contributed by atoms with Crippen LogP contribution in [0.1, 0.15) is 21.9 Å². The number of hydrogen-bond acceptors (Lipinski definition) is 4. The number of amides is 1. The summed E-state index contributed by atoms with van der Waals surface area (Å²) in [6.45, 7) is 2.00. The first kappa shape index (κ1) is 20.0. The molecule has 3 aromatic rings. The van der Waals surface area contributed by atoms with Gasteiger partial charge in [0.2, 0.25) is 5.91 Å². The normalized spacial score (nSPS) is 12.8. The van der Waals surface area contributed by atoms with E-state index in [2.05, 4.69) is 5.32 Å². The first-order valence-electron chi connectivity index (χ1n) is 8.82. The van der Waals surface area contributed by atoms with Crippen LogP contribution in [0, 0.1) is 6.92 Å². The molecule has 0 saturated carbocycles. The lowest BCUT2D eigenvalue weighted by Crippen LogP contribution is -2.30. The smallest absolute Gasteiger partial charge is 0.244 e. The van der Waals surface area contributed by atoms with Crippen LogP contribution >= 0.6 is 11.3 Å². The Morgan fingerprint density at radius 2 is 1.75 bits per heavy atom. The lowest BCUT2D eigenvalue weighted by Gasteiger charge is -2.17. The monoisotopic (exact) mass is 411 g/mol. The van der Waals surface area contributed by atoms with E-state index in [-0.39, 0.29) is 12.5 Å². The summed E-state index contributed by atoms with van der Waals surface area (Å²) >= 11 is 1.18. The Kier molecular flexibility index (Phi) is 6.44. The van der Waals surface area contributed by atoms with Crippen LogP contribution in [0.4, 0.5) is 0 Å². The van der Waals surface area contributed by atoms with Crippen molar-refractivity contribution in [3.63, 3.8) is 0 Å². The van der Waals surface area contributed by atoms with Crippen LogP contribution in [0.2, 0.25) is 0 Å². The maximum Gasteiger partial charge on any atom is 0.244 e. The summed E-state index contributed by atoms with van der Waals surface area (Å²) in [5, 5.41) is 3.62. The molecule has 0 unspecified atom stereocenters. The van der Waals surface area contributed by atoms with Crippen LogP contribution in [-0.2, 0) is 14.6 Å². The Hall–Kier alpha value is -2.70. The predicted molar refractivity (Wildman–Crippen MR) is 114 cm³/mol. The molecule has 0 radical (unpaired) electrons. The number of benzene rings is 2. The molecule has 1 heterocycles. The number of aryl methyl sites for hydroxylation is 1. The van der Waals surface area contributed by atoms with Crippen molar-refractivity contribution in [1.82, 2.24) is 5.32 Å². The Bertz CT molecular complexity index is 1040. The van der Waals surface area contributed by atoms with Gasteiger partial charge in [0.25, 0.3) is 0 Å². The minimum Gasteiger partial charge on any atom is -0.351 e. The molecule has 0 aliphatic rings. The molecule has 1 amide bonds. The van der Waals surface area contributed by atoms with Gasteiger partial charge in [-0.15, -0.1) is 11.3 Å². The van der Waals surface area contributed by atoms with Crippen molar-refractivity contribution in [3.8, 4) is 0 Å². The van der Waals surface area contributed by atoms with Crippen molar-refractivity contribution in [3.05, 3.63) is 94.9 Å². The zero-order valence-electron chi connectivity index (χ0n) is 15.4. The molecular formula is C22H21NO3S2. The second-order valence-corrected chi connectivity index (χ2v) is 9.67. The van der Waals surface area contributed by atoms with Gasteiger partial charge in [-0.3, -0.25) is 4.79 Å². The summed E-state index contributed by atoms with van der Waals surface area (Å²) in [6.07, 6.45) is 3.13. The van der Waals surface area contributed by atoms with Gasteiger partial charge in [0.05, 0.1) is 0 Å². The number of rotatable bonds is 7. The SMILES string of the molecule is Cc1ccc(/C=C/C(=O)NC[C@@H](c2ccccc2)S(=O)(=O)c2cccs2)cc1. The molecule has 3 rings (SSSR count). The van der Waals surface area contributed by atoms with E-state index < -0.39 is 15.1 Å². The average molecular weight is 412 g/mol. The van der Waals surface area contributed by atoms with Gasteiger partial charge in [0, 0.05) is 12.6 Å². The Labute approximate surface area is 169 Å². The van der Waals surface area contributed by atoms with E-state index >= 15 is 0 Å². The van der Waals surface area contributed by atoms with Gasteiger partial charge in [0.1, 0.15) is 9.46 Å². The van der Waals surface area contributed by atoms with Crippen LogP contribution in [0.5, 0.6) is 0 Å². The quantitative estimate of drug-likeness (QED) is 0.586. The average Bonchev–Trinajstić information content (AvgIpc) is 3.24. The first-order valence-corrected chi connectivity index (χ1v) is 11.2. The van der Waals surface area contributed by atoms with Crippen molar-refractivity contribution >= 4 is 33.2 Å². The van der Waals surface area contributed by atoms with E-state index in [0.29, 0.717) is 9.77 Å². The third kappa shape index (κ3) is 4.97. The first-order chi connectivity index (χ1) is 13.5. The van der Waals surface area contributed by atoms with Gasteiger partial charge in [-0.05, 0) is 35.6 Å². The van der Waals surface area contributed by atoms with Crippen LogP contribution in [0.15, 0.2) is 82.4 Å². The number of carbonyl (C=O) groups excluding carboxylic acids is 1. The molecular weight excluding hydrogens is 390 g/mol. The van der Waals surface area contributed by atoms with Crippen LogP contribution in [0.3, 0.4) is 0 Å². The highest BCUT2D eigenvalue weighted by molar-refractivity contribution is 7.93.